The van der Waals surface area contributed by atoms with E-state index in [1.165, 1.54) is 5.56 Å². The van der Waals surface area contributed by atoms with Gasteiger partial charge in [0.15, 0.2) is 6.61 Å². The zero-order valence-corrected chi connectivity index (χ0v) is 10.8. The Morgan fingerprint density at radius 1 is 1.33 bits per heavy atom. The van der Waals surface area contributed by atoms with Gasteiger partial charge in [-0.15, -0.1) is 11.8 Å². The van der Waals surface area contributed by atoms with Gasteiger partial charge in [-0.2, -0.15) is 0 Å². The molecule has 0 fully saturated rings. The van der Waals surface area contributed by atoms with Crippen molar-refractivity contribution in [1.82, 2.24) is 5.48 Å². The van der Waals surface area contributed by atoms with Crippen molar-refractivity contribution in [2.24, 2.45) is 0 Å². The number of carboxylic acid groups (broad SMARTS) is 1. The molecule has 5 nitrogen and oxygen atoms in total. The molecule has 0 aromatic heterocycles. The third-order valence-corrected chi connectivity index (χ3v) is 3.01. The van der Waals surface area contributed by atoms with Crippen molar-refractivity contribution in [3.8, 4) is 0 Å². The molecule has 2 N–H and O–H groups in total. The number of benzene rings is 1. The molecular weight excluding hydrogens is 254 g/mol. The number of hydrogen-bond donors (Lipinski definition) is 2. The summed E-state index contributed by atoms with van der Waals surface area (Å²) in [4.78, 5) is 26.9. The standard InChI is InChI=1S/C12H15NO4S/c1-9-2-4-10(5-3-9)18-7-6-11(14)13-17-8-12(15)16/h2-5H,6-8H2,1H3,(H,13,14)(H,15,16). The van der Waals surface area contributed by atoms with Crippen LogP contribution < -0.4 is 5.48 Å². The lowest BCUT2D eigenvalue weighted by Crippen LogP contribution is -2.26. The highest BCUT2D eigenvalue weighted by molar-refractivity contribution is 7.99. The van der Waals surface area contributed by atoms with Gasteiger partial charge in [-0.1, -0.05) is 17.7 Å². The van der Waals surface area contributed by atoms with Crippen LogP contribution in [0.5, 0.6) is 0 Å². The largest absolute Gasteiger partial charge is 0.479 e. The van der Waals surface area contributed by atoms with E-state index in [0.717, 1.165) is 4.90 Å². The number of rotatable bonds is 7. The van der Waals surface area contributed by atoms with Gasteiger partial charge in [0.2, 0.25) is 5.91 Å². The molecule has 0 aliphatic carbocycles. The Morgan fingerprint density at radius 3 is 2.61 bits per heavy atom. The van der Waals surface area contributed by atoms with Crippen LogP contribution in [0.15, 0.2) is 29.2 Å². The average Bonchev–Trinajstić information content (AvgIpc) is 2.31. The molecule has 0 unspecified atom stereocenters. The van der Waals surface area contributed by atoms with E-state index in [4.69, 9.17) is 5.11 Å². The minimum absolute atomic E-state index is 0.276. The summed E-state index contributed by atoms with van der Waals surface area (Å²) < 4.78 is 0. The van der Waals surface area contributed by atoms with Crippen LogP contribution >= 0.6 is 11.8 Å². The molecule has 98 valence electrons. The first-order valence-electron chi connectivity index (χ1n) is 5.40. The molecule has 0 radical (unpaired) electrons. The molecule has 18 heavy (non-hydrogen) atoms. The fraction of sp³-hybridized carbons (Fsp3) is 0.333. The highest BCUT2D eigenvalue weighted by Gasteiger charge is 2.03. The first-order valence-corrected chi connectivity index (χ1v) is 6.38. The minimum atomic E-state index is -1.12. The SMILES string of the molecule is Cc1ccc(SCCC(=O)NOCC(=O)O)cc1. The number of carbonyl (C=O) groups is 2. The first-order chi connectivity index (χ1) is 8.58. The fourth-order valence-corrected chi connectivity index (χ4v) is 1.98. The maximum atomic E-state index is 11.2. The summed E-state index contributed by atoms with van der Waals surface area (Å²) >= 11 is 1.56. The van der Waals surface area contributed by atoms with Crippen LogP contribution in [-0.4, -0.2) is 29.3 Å². The smallest absolute Gasteiger partial charge is 0.332 e. The van der Waals surface area contributed by atoms with E-state index in [1.54, 1.807) is 11.8 Å². The first kappa shape index (κ1) is 14.5. The molecule has 0 saturated heterocycles. The van der Waals surface area contributed by atoms with Crippen LogP contribution in [0.2, 0.25) is 0 Å². The minimum Gasteiger partial charge on any atom is -0.479 e. The Bertz CT molecular complexity index is 405. The number of carboxylic acids is 1. The monoisotopic (exact) mass is 269 g/mol. The van der Waals surface area contributed by atoms with Gasteiger partial charge in [-0.25, -0.2) is 10.3 Å². The van der Waals surface area contributed by atoms with Crippen LogP contribution in [0.1, 0.15) is 12.0 Å². The lowest BCUT2D eigenvalue weighted by Gasteiger charge is -2.04. The van der Waals surface area contributed by atoms with Gasteiger partial charge >= 0.3 is 5.97 Å². The summed E-state index contributed by atoms with van der Waals surface area (Å²) in [5.41, 5.74) is 3.27. The third kappa shape index (κ3) is 6.27. The van der Waals surface area contributed by atoms with Crippen molar-refractivity contribution in [2.45, 2.75) is 18.2 Å². The second-order valence-electron chi connectivity index (χ2n) is 3.62. The number of aliphatic carboxylic acids is 1. The van der Waals surface area contributed by atoms with E-state index < -0.39 is 12.6 Å². The van der Waals surface area contributed by atoms with Gasteiger partial charge in [0, 0.05) is 17.1 Å². The summed E-state index contributed by atoms with van der Waals surface area (Å²) in [6.45, 7) is 1.48. The number of hydroxylamine groups is 1. The molecule has 0 aliphatic heterocycles. The zero-order valence-electron chi connectivity index (χ0n) is 10.0. The van der Waals surface area contributed by atoms with Gasteiger partial charge < -0.3 is 5.11 Å². The maximum Gasteiger partial charge on any atom is 0.332 e. The molecular formula is C12H15NO4S. The number of aryl methyl sites for hydroxylation is 1. The molecule has 0 saturated carbocycles. The Kier molecular flexibility index (Phi) is 6.24. The highest BCUT2D eigenvalue weighted by Crippen LogP contribution is 2.18. The van der Waals surface area contributed by atoms with Crippen molar-refractivity contribution in [1.29, 1.82) is 0 Å². The van der Waals surface area contributed by atoms with Crippen LogP contribution in [0.25, 0.3) is 0 Å². The van der Waals surface area contributed by atoms with E-state index in [-0.39, 0.29) is 12.3 Å². The van der Waals surface area contributed by atoms with Gasteiger partial charge in [-0.3, -0.25) is 9.63 Å². The summed E-state index contributed by atoms with van der Waals surface area (Å²) in [6, 6.07) is 8.02. The molecule has 0 bridgehead atoms. The number of hydrogen-bond acceptors (Lipinski definition) is 4. The third-order valence-electron chi connectivity index (χ3n) is 2.00. The van der Waals surface area contributed by atoms with Crippen molar-refractivity contribution in [3.05, 3.63) is 29.8 Å². The topological polar surface area (TPSA) is 75.6 Å². The van der Waals surface area contributed by atoms with Gasteiger partial charge in [0.1, 0.15) is 0 Å². The molecule has 0 aliphatic rings. The molecule has 0 heterocycles. The molecule has 6 heteroatoms. The predicted octanol–water partition coefficient (Wildman–Crippen LogP) is 1.61. The lowest BCUT2D eigenvalue weighted by atomic mass is 10.2. The second kappa shape index (κ2) is 7.73. The average molecular weight is 269 g/mol. The summed E-state index contributed by atoms with van der Waals surface area (Å²) in [5.74, 6) is -0.828. The predicted molar refractivity (Wildman–Crippen MR) is 68.3 cm³/mol. The van der Waals surface area contributed by atoms with E-state index in [2.05, 4.69) is 10.3 Å². The highest BCUT2D eigenvalue weighted by atomic mass is 32.2. The maximum absolute atomic E-state index is 11.2. The van der Waals surface area contributed by atoms with Gasteiger partial charge in [0.05, 0.1) is 0 Å². The van der Waals surface area contributed by atoms with Crippen LogP contribution in [-0.2, 0) is 14.4 Å². The molecule has 1 aromatic carbocycles. The molecule has 1 amide bonds. The summed E-state index contributed by atoms with van der Waals surface area (Å²) in [5, 5.41) is 8.29. The normalized spacial score (nSPS) is 10.1. The number of nitrogens with one attached hydrogen (secondary N) is 1. The Balaban J connectivity index is 2.15. The van der Waals surface area contributed by atoms with Crippen LogP contribution in [0.3, 0.4) is 0 Å². The van der Waals surface area contributed by atoms with Crippen LogP contribution in [0.4, 0.5) is 0 Å². The Morgan fingerprint density at radius 2 is 2.00 bits per heavy atom. The fourth-order valence-electron chi connectivity index (χ4n) is 1.13. The van der Waals surface area contributed by atoms with E-state index in [0.29, 0.717) is 5.75 Å². The number of thioether (sulfide) groups is 1. The number of amides is 1. The van der Waals surface area contributed by atoms with Crippen molar-refractivity contribution < 1.29 is 19.5 Å². The van der Waals surface area contributed by atoms with E-state index in [9.17, 15) is 9.59 Å². The quantitative estimate of drug-likeness (QED) is 0.581. The lowest BCUT2D eigenvalue weighted by molar-refractivity contribution is -0.149. The summed E-state index contributed by atoms with van der Waals surface area (Å²) in [6.07, 6.45) is 0.276. The van der Waals surface area contributed by atoms with Gasteiger partial charge in [0.25, 0.3) is 0 Å². The van der Waals surface area contributed by atoms with Crippen molar-refractivity contribution in [3.63, 3.8) is 0 Å². The Labute approximate surface area is 109 Å². The number of carbonyl (C=O) groups excluding carboxylic acids is 1. The van der Waals surface area contributed by atoms with E-state index >= 15 is 0 Å². The summed E-state index contributed by atoms with van der Waals surface area (Å²) in [7, 11) is 0. The van der Waals surface area contributed by atoms with Crippen molar-refractivity contribution in [2.75, 3.05) is 12.4 Å². The molecule has 0 spiro atoms. The second-order valence-corrected chi connectivity index (χ2v) is 4.79. The van der Waals surface area contributed by atoms with E-state index in [1.807, 2.05) is 31.2 Å². The van der Waals surface area contributed by atoms with Gasteiger partial charge in [-0.05, 0) is 19.1 Å². The zero-order chi connectivity index (χ0) is 13.4. The Hall–Kier alpha value is -1.53. The molecule has 1 aromatic rings. The van der Waals surface area contributed by atoms with Crippen LogP contribution in [0, 0.1) is 6.92 Å². The van der Waals surface area contributed by atoms with Crippen molar-refractivity contribution >= 4 is 23.6 Å². The molecule has 0 atom stereocenters. The molecule has 1 rings (SSSR count).